The van der Waals surface area contributed by atoms with Gasteiger partial charge in [0.05, 0.1) is 11.3 Å². The number of amides is 1. The van der Waals surface area contributed by atoms with Crippen LogP contribution in [0.15, 0.2) is 28.9 Å². The molecule has 1 amide bonds. The van der Waals surface area contributed by atoms with E-state index in [0.717, 1.165) is 0 Å². The van der Waals surface area contributed by atoms with Gasteiger partial charge in [0.15, 0.2) is 0 Å². The lowest BCUT2D eigenvalue weighted by molar-refractivity contribution is 0.0932. The Morgan fingerprint density at radius 2 is 2.04 bits per heavy atom. The third-order valence-corrected chi connectivity index (χ3v) is 4.19. The maximum atomic E-state index is 13.5. The lowest BCUT2D eigenvalue weighted by atomic mass is 10.2. The quantitative estimate of drug-likeness (QED) is 0.707. The molecule has 1 N–H and O–H groups in total. The van der Waals surface area contributed by atoms with Gasteiger partial charge in [0.2, 0.25) is 11.7 Å². The minimum absolute atomic E-state index is 0.152. The fourth-order valence-corrected chi connectivity index (χ4v) is 2.74. The first-order valence-electron chi connectivity index (χ1n) is 8.41. The van der Waals surface area contributed by atoms with Gasteiger partial charge in [-0.15, -0.1) is 0 Å². The van der Waals surface area contributed by atoms with Crippen LogP contribution in [0.25, 0.3) is 11.4 Å². The van der Waals surface area contributed by atoms with E-state index in [1.165, 1.54) is 18.2 Å². The number of rotatable bonds is 5. The minimum Gasteiger partial charge on any atom is -0.340 e. The summed E-state index contributed by atoms with van der Waals surface area (Å²) in [7, 11) is 0. The Labute approximate surface area is 160 Å². The van der Waals surface area contributed by atoms with Gasteiger partial charge < -0.3 is 9.84 Å². The van der Waals surface area contributed by atoms with Crippen molar-refractivity contribution < 1.29 is 13.7 Å². The molecule has 0 fully saturated rings. The Bertz CT molecular complexity index is 962. The van der Waals surface area contributed by atoms with Crippen LogP contribution in [0.3, 0.4) is 0 Å². The molecule has 1 atom stereocenters. The molecule has 142 valence electrons. The molecule has 3 rings (SSSR count). The van der Waals surface area contributed by atoms with Crippen LogP contribution in [-0.2, 0) is 0 Å². The van der Waals surface area contributed by atoms with Gasteiger partial charge >= 0.3 is 0 Å². The van der Waals surface area contributed by atoms with Crippen LogP contribution in [0.2, 0.25) is 5.02 Å². The zero-order valence-corrected chi connectivity index (χ0v) is 16.1. The topological polar surface area (TPSA) is 85.8 Å². The molecule has 0 aliphatic carbocycles. The van der Waals surface area contributed by atoms with Crippen LogP contribution >= 0.6 is 11.6 Å². The highest BCUT2D eigenvalue weighted by atomic mass is 35.5. The van der Waals surface area contributed by atoms with Gasteiger partial charge in [-0.05, 0) is 45.9 Å². The highest BCUT2D eigenvalue weighted by Gasteiger charge is 2.21. The van der Waals surface area contributed by atoms with Crippen molar-refractivity contribution in [2.75, 3.05) is 0 Å². The number of hydrogen-bond acceptors (Lipinski definition) is 5. The molecule has 3 aromatic rings. The highest BCUT2D eigenvalue weighted by molar-refractivity contribution is 6.30. The second kappa shape index (κ2) is 7.48. The lowest BCUT2D eigenvalue weighted by Gasteiger charge is -2.08. The summed E-state index contributed by atoms with van der Waals surface area (Å²) in [6.07, 6.45) is 1.70. The molecule has 0 radical (unpaired) electrons. The van der Waals surface area contributed by atoms with Crippen LogP contribution in [0.1, 0.15) is 54.8 Å². The third kappa shape index (κ3) is 4.16. The van der Waals surface area contributed by atoms with Crippen LogP contribution in [0, 0.1) is 12.7 Å². The Balaban J connectivity index is 1.76. The van der Waals surface area contributed by atoms with Crippen LogP contribution in [0.5, 0.6) is 0 Å². The molecular weight excluding hydrogens is 373 g/mol. The normalized spacial score (nSPS) is 12.4. The van der Waals surface area contributed by atoms with Crippen molar-refractivity contribution in [2.24, 2.45) is 0 Å². The smallest absolute Gasteiger partial charge is 0.255 e. The van der Waals surface area contributed by atoms with E-state index < -0.39 is 11.9 Å². The predicted octanol–water partition coefficient (Wildman–Crippen LogP) is 4.11. The Morgan fingerprint density at radius 3 is 2.67 bits per heavy atom. The summed E-state index contributed by atoms with van der Waals surface area (Å²) >= 11 is 5.85. The van der Waals surface area contributed by atoms with Gasteiger partial charge in [0, 0.05) is 22.8 Å². The number of benzene rings is 1. The molecule has 0 saturated carbocycles. The predicted molar refractivity (Wildman–Crippen MR) is 97.9 cm³/mol. The first-order chi connectivity index (χ1) is 12.7. The fourth-order valence-electron chi connectivity index (χ4n) is 2.52. The minimum atomic E-state index is -0.537. The maximum absolute atomic E-state index is 13.5. The molecule has 7 nitrogen and oxygen atoms in total. The molecule has 1 aromatic carbocycles. The number of aryl methyl sites for hydroxylation is 1. The number of carbonyl (C=O) groups is 1. The number of hydrogen-bond donors (Lipinski definition) is 1. The molecule has 0 unspecified atom stereocenters. The van der Waals surface area contributed by atoms with Crippen molar-refractivity contribution in [1.29, 1.82) is 0 Å². The van der Waals surface area contributed by atoms with Gasteiger partial charge in [-0.1, -0.05) is 16.8 Å². The van der Waals surface area contributed by atoms with Crippen molar-refractivity contribution in [3.05, 3.63) is 52.4 Å². The van der Waals surface area contributed by atoms with E-state index in [-0.39, 0.29) is 28.7 Å². The van der Waals surface area contributed by atoms with E-state index in [0.29, 0.717) is 16.8 Å². The molecule has 2 aromatic heterocycles. The molecule has 9 heteroatoms. The second-order valence-electron chi connectivity index (χ2n) is 6.51. The summed E-state index contributed by atoms with van der Waals surface area (Å²) in [5.41, 5.74) is 1.50. The Morgan fingerprint density at radius 1 is 1.30 bits per heavy atom. The Hall–Kier alpha value is -2.74. The van der Waals surface area contributed by atoms with Crippen molar-refractivity contribution in [3.63, 3.8) is 0 Å². The standard InChI is InChI=1S/C18H19ClFN5O2/c1-9(2)25-8-15(10(3)23-25)17(26)21-11(4)18-22-16(24-27-18)12-5-13(19)7-14(20)6-12/h5-9,11H,1-4H3,(H,21,26)/t11-/m0/s1. The Kier molecular flexibility index (Phi) is 5.27. The zero-order chi connectivity index (χ0) is 19.7. The monoisotopic (exact) mass is 391 g/mol. The van der Waals surface area contributed by atoms with Crippen molar-refractivity contribution in [1.82, 2.24) is 25.2 Å². The number of aromatic nitrogens is 4. The van der Waals surface area contributed by atoms with E-state index in [9.17, 15) is 9.18 Å². The van der Waals surface area contributed by atoms with Crippen molar-refractivity contribution >= 4 is 17.5 Å². The van der Waals surface area contributed by atoms with E-state index in [1.54, 1.807) is 24.7 Å². The summed E-state index contributed by atoms with van der Waals surface area (Å²) in [4.78, 5) is 16.8. The number of halogens is 2. The van der Waals surface area contributed by atoms with Crippen molar-refractivity contribution in [2.45, 2.75) is 39.8 Å². The van der Waals surface area contributed by atoms with Gasteiger partial charge in [-0.25, -0.2) is 4.39 Å². The number of nitrogens with zero attached hydrogens (tertiary/aromatic N) is 4. The van der Waals surface area contributed by atoms with Gasteiger partial charge in [-0.3, -0.25) is 9.48 Å². The maximum Gasteiger partial charge on any atom is 0.255 e. The molecule has 27 heavy (non-hydrogen) atoms. The van der Waals surface area contributed by atoms with Gasteiger partial charge in [0.25, 0.3) is 5.91 Å². The average molecular weight is 392 g/mol. The van der Waals surface area contributed by atoms with Crippen LogP contribution in [-0.4, -0.2) is 25.8 Å². The first kappa shape index (κ1) is 19.0. The molecule has 0 saturated heterocycles. The molecule has 0 aliphatic rings. The summed E-state index contributed by atoms with van der Waals surface area (Å²) in [5.74, 6) is -0.396. The number of nitrogens with one attached hydrogen (secondary N) is 1. The number of carbonyl (C=O) groups excluding carboxylic acids is 1. The van der Waals surface area contributed by atoms with E-state index in [2.05, 4.69) is 20.6 Å². The molecule has 0 spiro atoms. The summed E-state index contributed by atoms with van der Waals surface area (Å²) in [6, 6.07) is 3.59. The molecular formula is C18H19ClFN5O2. The van der Waals surface area contributed by atoms with Crippen LogP contribution in [0.4, 0.5) is 4.39 Å². The summed E-state index contributed by atoms with van der Waals surface area (Å²) in [6.45, 7) is 7.46. The SMILES string of the molecule is Cc1nn(C(C)C)cc1C(=O)N[C@@H](C)c1nc(-c2cc(F)cc(Cl)c2)no1. The fraction of sp³-hybridized carbons (Fsp3) is 0.333. The van der Waals surface area contributed by atoms with E-state index in [4.69, 9.17) is 16.1 Å². The zero-order valence-electron chi connectivity index (χ0n) is 15.3. The second-order valence-corrected chi connectivity index (χ2v) is 6.95. The van der Waals surface area contributed by atoms with Crippen molar-refractivity contribution in [3.8, 4) is 11.4 Å². The molecule has 2 heterocycles. The summed E-state index contributed by atoms with van der Waals surface area (Å²) in [5, 5.41) is 11.2. The van der Waals surface area contributed by atoms with Gasteiger partial charge in [-0.2, -0.15) is 10.1 Å². The van der Waals surface area contributed by atoms with E-state index in [1.807, 2.05) is 13.8 Å². The summed E-state index contributed by atoms with van der Waals surface area (Å²) < 4.78 is 20.4. The average Bonchev–Trinajstić information content (AvgIpc) is 3.20. The molecule has 0 aliphatic heterocycles. The van der Waals surface area contributed by atoms with Crippen LogP contribution < -0.4 is 5.32 Å². The lowest BCUT2D eigenvalue weighted by Crippen LogP contribution is -2.27. The highest BCUT2D eigenvalue weighted by Crippen LogP contribution is 2.23. The largest absolute Gasteiger partial charge is 0.340 e. The van der Waals surface area contributed by atoms with E-state index >= 15 is 0 Å². The molecule has 0 bridgehead atoms. The van der Waals surface area contributed by atoms with Gasteiger partial charge in [0.1, 0.15) is 11.9 Å². The first-order valence-corrected chi connectivity index (χ1v) is 8.79. The third-order valence-electron chi connectivity index (χ3n) is 3.97.